The Morgan fingerprint density at radius 3 is 2.89 bits per heavy atom. The van der Waals surface area contributed by atoms with E-state index < -0.39 is 0 Å². The third kappa shape index (κ3) is 4.57. The molecule has 5 heteroatoms. The summed E-state index contributed by atoms with van der Waals surface area (Å²) in [7, 11) is 0. The normalized spacial score (nSPS) is 18.3. The SMILES string of the molecule is CCc1ccc2nc(N3CCC(C(=O)NCCC4=CCCCC4)CC3)sc2c1. The lowest BCUT2D eigenvalue weighted by Crippen LogP contribution is -2.40. The van der Waals surface area contributed by atoms with Crippen molar-refractivity contribution in [1.82, 2.24) is 10.3 Å². The second-order valence-corrected chi connectivity index (χ2v) is 9.07. The van der Waals surface area contributed by atoms with E-state index in [2.05, 4.69) is 41.4 Å². The number of thiazole rings is 1. The lowest BCUT2D eigenvalue weighted by Gasteiger charge is -2.31. The van der Waals surface area contributed by atoms with Gasteiger partial charge in [0.15, 0.2) is 5.13 Å². The van der Waals surface area contributed by atoms with Gasteiger partial charge in [0.2, 0.25) is 5.91 Å². The minimum absolute atomic E-state index is 0.151. The van der Waals surface area contributed by atoms with Crippen molar-refractivity contribution in [2.75, 3.05) is 24.5 Å². The van der Waals surface area contributed by atoms with Gasteiger partial charge in [0.25, 0.3) is 0 Å². The van der Waals surface area contributed by atoms with Crippen LogP contribution in [-0.4, -0.2) is 30.5 Å². The Labute approximate surface area is 172 Å². The molecule has 1 aromatic carbocycles. The summed E-state index contributed by atoms with van der Waals surface area (Å²) in [6.07, 6.45) is 11.4. The van der Waals surface area contributed by atoms with Gasteiger partial charge in [-0.2, -0.15) is 0 Å². The van der Waals surface area contributed by atoms with E-state index in [9.17, 15) is 4.79 Å². The molecule has 0 saturated carbocycles. The fourth-order valence-electron chi connectivity index (χ4n) is 4.27. The summed E-state index contributed by atoms with van der Waals surface area (Å²) in [6, 6.07) is 6.57. The van der Waals surface area contributed by atoms with Crippen molar-refractivity contribution < 1.29 is 4.79 Å². The van der Waals surface area contributed by atoms with Crippen LogP contribution in [0.15, 0.2) is 29.8 Å². The molecule has 2 aliphatic rings. The zero-order chi connectivity index (χ0) is 19.3. The maximum Gasteiger partial charge on any atom is 0.223 e. The summed E-state index contributed by atoms with van der Waals surface area (Å²) < 4.78 is 1.27. The second-order valence-electron chi connectivity index (χ2n) is 8.06. The number of anilines is 1. The number of benzene rings is 1. The largest absolute Gasteiger partial charge is 0.356 e. The minimum Gasteiger partial charge on any atom is -0.356 e. The molecule has 0 radical (unpaired) electrons. The van der Waals surface area contributed by atoms with Crippen LogP contribution in [0.3, 0.4) is 0 Å². The van der Waals surface area contributed by atoms with Gasteiger partial charge in [0, 0.05) is 25.6 Å². The summed E-state index contributed by atoms with van der Waals surface area (Å²) in [4.78, 5) is 19.7. The molecular formula is C23H31N3OS. The molecule has 1 saturated heterocycles. The molecule has 1 amide bonds. The molecule has 150 valence electrons. The highest BCUT2D eigenvalue weighted by molar-refractivity contribution is 7.22. The van der Waals surface area contributed by atoms with Gasteiger partial charge in [0.05, 0.1) is 10.2 Å². The lowest BCUT2D eigenvalue weighted by molar-refractivity contribution is -0.125. The van der Waals surface area contributed by atoms with E-state index >= 15 is 0 Å². The Balaban J connectivity index is 1.27. The molecule has 1 N–H and O–H groups in total. The van der Waals surface area contributed by atoms with E-state index in [1.807, 2.05) is 0 Å². The fraction of sp³-hybridized carbons (Fsp3) is 0.565. The van der Waals surface area contributed by atoms with Gasteiger partial charge in [0.1, 0.15) is 0 Å². The average Bonchev–Trinajstić information content (AvgIpc) is 3.18. The Morgan fingerprint density at radius 1 is 1.29 bits per heavy atom. The highest BCUT2D eigenvalue weighted by Crippen LogP contribution is 2.32. The number of aryl methyl sites for hydroxylation is 1. The monoisotopic (exact) mass is 397 g/mol. The number of nitrogens with one attached hydrogen (secondary N) is 1. The molecular weight excluding hydrogens is 366 g/mol. The third-order valence-electron chi connectivity index (χ3n) is 6.12. The standard InChI is InChI=1S/C23H31N3OS/c1-2-17-8-9-20-21(16-17)28-23(25-20)26-14-11-19(12-15-26)22(27)24-13-10-18-6-4-3-5-7-18/h6,8-9,16,19H,2-5,7,10-15H2,1H3,(H,24,27). The Bertz CT molecular complexity index is 849. The van der Waals surface area contributed by atoms with Gasteiger partial charge in [-0.05, 0) is 69.1 Å². The number of piperidine rings is 1. The summed E-state index contributed by atoms with van der Waals surface area (Å²) in [5.74, 6) is 0.394. The van der Waals surface area contributed by atoms with E-state index in [-0.39, 0.29) is 11.8 Å². The van der Waals surface area contributed by atoms with E-state index in [0.717, 1.165) is 56.0 Å². The average molecular weight is 398 g/mol. The van der Waals surface area contributed by atoms with Crippen molar-refractivity contribution in [3.05, 3.63) is 35.4 Å². The van der Waals surface area contributed by atoms with Crippen LogP contribution in [0, 0.1) is 5.92 Å². The Hall–Kier alpha value is -1.88. The number of fused-ring (bicyclic) bond motifs is 1. The molecule has 1 aliphatic carbocycles. The number of aromatic nitrogens is 1. The molecule has 0 bridgehead atoms. The van der Waals surface area contributed by atoms with Crippen molar-refractivity contribution in [2.24, 2.45) is 5.92 Å². The highest BCUT2D eigenvalue weighted by atomic mass is 32.1. The van der Waals surface area contributed by atoms with Gasteiger partial charge < -0.3 is 10.2 Å². The number of carbonyl (C=O) groups is 1. The number of carbonyl (C=O) groups excluding carboxylic acids is 1. The van der Waals surface area contributed by atoms with Crippen molar-refractivity contribution >= 4 is 32.6 Å². The van der Waals surface area contributed by atoms with E-state index in [4.69, 9.17) is 4.98 Å². The lowest BCUT2D eigenvalue weighted by atomic mass is 9.95. The predicted octanol–water partition coefficient (Wildman–Crippen LogP) is 5.08. The maximum atomic E-state index is 12.5. The summed E-state index contributed by atoms with van der Waals surface area (Å²) >= 11 is 1.78. The van der Waals surface area contributed by atoms with Crippen LogP contribution in [-0.2, 0) is 11.2 Å². The van der Waals surface area contributed by atoms with Crippen LogP contribution in [0.2, 0.25) is 0 Å². The molecule has 4 nitrogen and oxygen atoms in total. The van der Waals surface area contributed by atoms with Crippen LogP contribution in [0.5, 0.6) is 0 Å². The van der Waals surface area contributed by atoms with Crippen LogP contribution >= 0.6 is 11.3 Å². The first-order valence-corrected chi connectivity index (χ1v) is 11.6. The quantitative estimate of drug-likeness (QED) is 0.691. The number of nitrogens with zero attached hydrogens (tertiary/aromatic N) is 2. The number of allylic oxidation sites excluding steroid dienone is 1. The molecule has 1 aromatic heterocycles. The number of hydrogen-bond acceptors (Lipinski definition) is 4. The first-order valence-electron chi connectivity index (χ1n) is 10.8. The summed E-state index contributed by atoms with van der Waals surface area (Å²) in [5.41, 5.74) is 3.99. The molecule has 2 heterocycles. The molecule has 1 aliphatic heterocycles. The highest BCUT2D eigenvalue weighted by Gasteiger charge is 2.26. The van der Waals surface area contributed by atoms with Gasteiger partial charge in [-0.15, -0.1) is 0 Å². The Kier molecular flexibility index (Phi) is 6.30. The molecule has 0 spiro atoms. The second kappa shape index (κ2) is 9.08. The summed E-state index contributed by atoms with van der Waals surface area (Å²) in [6.45, 7) is 4.82. The third-order valence-corrected chi connectivity index (χ3v) is 7.20. The van der Waals surface area contributed by atoms with Crippen LogP contribution in [0.25, 0.3) is 10.2 Å². The number of amides is 1. The molecule has 4 rings (SSSR count). The van der Waals surface area contributed by atoms with Crippen LogP contribution < -0.4 is 10.2 Å². The number of hydrogen-bond donors (Lipinski definition) is 1. The predicted molar refractivity (Wildman–Crippen MR) is 118 cm³/mol. The van der Waals surface area contributed by atoms with Crippen molar-refractivity contribution in [1.29, 1.82) is 0 Å². The summed E-state index contributed by atoms with van der Waals surface area (Å²) in [5, 5.41) is 4.28. The first kappa shape index (κ1) is 19.4. The molecule has 0 atom stereocenters. The van der Waals surface area contributed by atoms with Gasteiger partial charge in [-0.1, -0.05) is 36.0 Å². The van der Waals surface area contributed by atoms with Gasteiger partial charge >= 0.3 is 0 Å². The minimum atomic E-state index is 0.151. The van der Waals surface area contributed by atoms with Crippen molar-refractivity contribution in [3.63, 3.8) is 0 Å². The molecule has 2 aromatic rings. The van der Waals surface area contributed by atoms with E-state index in [1.54, 1.807) is 11.3 Å². The van der Waals surface area contributed by atoms with E-state index in [0.29, 0.717) is 0 Å². The number of rotatable bonds is 6. The van der Waals surface area contributed by atoms with Crippen molar-refractivity contribution in [3.8, 4) is 0 Å². The van der Waals surface area contributed by atoms with Gasteiger partial charge in [-0.3, -0.25) is 4.79 Å². The van der Waals surface area contributed by atoms with Crippen LogP contribution in [0.4, 0.5) is 5.13 Å². The van der Waals surface area contributed by atoms with Crippen molar-refractivity contribution in [2.45, 2.75) is 58.3 Å². The smallest absolute Gasteiger partial charge is 0.223 e. The van der Waals surface area contributed by atoms with E-state index in [1.165, 1.54) is 41.5 Å². The topological polar surface area (TPSA) is 45.2 Å². The molecule has 0 unspecified atom stereocenters. The first-order chi connectivity index (χ1) is 13.7. The Morgan fingerprint density at radius 2 is 2.14 bits per heavy atom. The zero-order valence-electron chi connectivity index (χ0n) is 16.9. The van der Waals surface area contributed by atoms with Gasteiger partial charge in [-0.25, -0.2) is 4.98 Å². The van der Waals surface area contributed by atoms with Crippen LogP contribution in [0.1, 0.15) is 57.4 Å². The molecule has 28 heavy (non-hydrogen) atoms. The maximum absolute atomic E-state index is 12.5. The fourth-order valence-corrected chi connectivity index (χ4v) is 5.35. The zero-order valence-corrected chi connectivity index (χ0v) is 17.7. The molecule has 1 fully saturated rings.